The Kier molecular flexibility index (Phi) is 7.00. The second kappa shape index (κ2) is 9.03. The Hall–Kier alpha value is -2.36. The monoisotopic (exact) mass is 387 g/mol. The van der Waals surface area contributed by atoms with Crippen molar-refractivity contribution < 1.29 is 22.8 Å². The molecule has 0 spiro atoms. The third kappa shape index (κ3) is 6.38. The number of alkyl halides is 3. The van der Waals surface area contributed by atoms with E-state index in [0.29, 0.717) is 32.0 Å². The zero-order chi connectivity index (χ0) is 20.0. The fourth-order valence-electron chi connectivity index (χ4n) is 2.61. The van der Waals surface area contributed by atoms with Crippen molar-refractivity contribution in [1.29, 1.82) is 0 Å². The molecule has 7 nitrogen and oxygen atoms in total. The van der Waals surface area contributed by atoms with Crippen LogP contribution in [-0.4, -0.2) is 60.6 Å². The van der Waals surface area contributed by atoms with E-state index < -0.39 is 23.7 Å². The van der Waals surface area contributed by atoms with Gasteiger partial charge < -0.3 is 10.2 Å². The zero-order valence-electron chi connectivity index (χ0n) is 15.3. The van der Waals surface area contributed by atoms with E-state index in [1.165, 1.54) is 6.07 Å². The summed E-state index contributed by atoms with van der Waals surface area (Å²) in [6.45, 7) is 6.01. The van der Waals surface area contributed by atoms with Crippen LogP contribution in [0.1, 0.15) is 25.8 Å². The number of piperazine rings is 1. The SMILES string of the molecule is CC[C@H](C)NC(=O)NC(=O)CN1CCN(c2ccc(C(F)(F)F)cn2)CC1. The minimum atomic E-state index is -4.40. The first-order valence-electron chi connectivity index (χ1n) is 8.80. The Balaban J connectivity index is 1.78. The zero-order valence-corrected chi connectivity index (χ0v) is 15.3. The Morgan fingerprint density at radius 3 is 2.41 bits per heavy atom. The molecule has 0 bridgehead atoms. The lowest BCUT2D eigenvalue weighted by molar-refractivity contribution is -0.137. The number of amides is 3. The van der Waals surface area contributed by atoms with Crippen LogP contribution in [0.3, 0.4) is 0 Å². The van der Waals surface area contributed by atoms with Gasteiger partial charge in [0.25, 0.3) is 0 Å². The lowest BCUT2D eigenvalue weighted by Gasteiger charge is -2.35. The first-order chi connectivity index (χ1) is 12.7. The van der Waals surface area contributed by atoms with Gasteiger partial charge in [-0.3, -0.25) is 15.0 Å². The lowest BCUT2D eigenvalue weighted by atomic mass is 10.2. The van der Waals surface area contributed by atoms with Crippen molar-refractivity contribution in [2.45, 2.75) is 32.5 Å². The number of aromatic nitrogens is 1. The van der Waals surface area contributed by atoms with Gasteiger partial charge in [-0.1, -0.05) is 6.92 Å². The minimum Gasteiger partial charge on any atom is -0.354 e. The average molecular weight is 387 g/mol. The summed E-state index contributed by atoms with van der Waals surface area (Å²) in [4.78, 5) is 31.2. The molecule has 2 rings (SSSR count). The van der Waals surface area contributed by atoms with Gasteiger partial charge >= 0.3 is 12.2 Å². The molecule has 1 atom stereocenters. The number of halogens is 3. The van der Waals surface area contributed by atoms with E-state index in [4.69, 9.17) is 0 Å². The van der Waals surface area contributed by atoms with Gasteiger partial charge in [-0.2, -0.15) is 13.2 Å². The highest BCUT2D eigenvalue weighted by atomic mass is 19.4. The van der Waals surface area contributed by atoms with E-state index in [2.05, 4.69) is 15.6 Å². The van der Waals surface area contributed by atoms with Crippen molar-refractivity contribution in [3.8, 4) is 0 Å². The summed E-state index contributed by atoms with van der Waals surface area (Å²) in [5.74, 6) is 0.0805. The van der Waals surface area contributed by atoms with Crippen LogP contribution in [0.4, 0.5) is 23.8 Å². The highest BCUT2D eigenvalue weighted by Crippen LogP contribution is 2.29. The fraction of sp³-hybridized carbons (Fsp3) is 0.588. The third-order valence-corrected chi connectivity index (χ3v) is 4.38. The summed E-state index contributed by atoms with van der Waals surface area (Å²) in [6, 6.07) is 1.84. The van der Waals surface area contributed by atoms with Crippen LogP contribution >= 0.6 is 0 Å². The van der Waals surface area contributed by atoms with Gasteiger partial charge in [0, 0.05) is 38.4 Å². The molecule has 27 heavy (non-hydrogen) atoms. The van der Waals surface area contributed by atoms with Crippen molar-refractivity contribution >= 4 is 17.8 Å². The number of hydrogen-bond acceptors (Lipinski definition) is 5. The van der Waals surface area contributed by atoms with Gasteiger partial charge in [-0.05, 0) is 25.5 Å². The number of nitrogens with zero attached hydrogens (tertiary/aromatic N) is 3. The summed E-state index contributed by atoms with van der Waals surface area (Å²) in [7, 11) is 0. The van der Waals surface area contributed by atoms with Gasteiger partial charge in [-0.25, -0.2) is 9.78 Å². The number of urea groups is 1. The number of anilines is 1. The Morgan fingerprint density at radius 2 is 1.89 bits per heavy atom. The Bertz CT molecular complexity index is 643. The second-order valence-corrected chi connectivity index (χ2v) is 6.50. The second-order valence-electron chi connectivity index (χ2n) is 6.50. The molecule has 1 aliphatic heterocycles. The number of carbonyl (C=O) groups is 2. The molecule has 1 aromatic heterocycles. The molecule has 0 unspecified atom stereocenters. The molecule has 1 saturated heterocycles. The van der Waals surface area contributed by atoms with Gasteiger partial charge in [0.05, 0.1) is 12.1 Å². The molecule has 1 fully saturated rings. The van der Waals surface area contributed by atoms with E-state index in [1.807, 2.05) is 23.6 Å². The summed E-state index contributed by atoms with van der Waals surface area (Å²) in [5, 5.41) is 4.95. The van der Waals surface area contributed by atoms with Gasteiger partial charge in [0.1, 0.15) is 5.82 Å². The molecule has 0 radical (unpaired) electrons. The lowest BCUT2D eigenvalue weighted by Crippen LogP contribution is -2.51. The van der Waals surface area contributed by atoms with E-state index in [0.717, 1.165) is 18.7 Å². The van der Waals surface area contributed by atoms with Crippen LogP contribution in [0.5, 0.6) is 0 Å². The molecular weight excluding hydrogens is 363 g/mol. The first-order valence-corrected chi connectivity index (χ1v) is 8.80. The maximum absolute atomic E-state index is 12.6. The van der Waals surface area contributed by atoms with Crippen molar-refractivity contribution in [2.75, 3.05) is 37.6 Å². The molecule has 0 aliphatic carbocycles. The molecule has 10 heteroatoms. The van der Waals surface area contributed by atoms with E-state index in [-0.39, 0.29) is 12.6 Å². The molecule has 0 saturated carbocycles. The third-order valence-electron chi connectivity index (χ3n) is 4.38. The van der Waals surface area contributed by atoms with Crippen LogP contribution < -0.4 is 15.5 Å². The molecule has 2 heterocycles. The van der Waals surface area contributed by atoms with Gasteiger partial charge in [-0.15, -0.1) is 0 Å². The number of pyridine rings is 1. The number of hydrogen-bond donors (Lipinski definition) is 2. The smallest absolute Gasteiger partial charge is 0.354 e. The molecule has 1 aromatic rings. The number of rotatable bonds is 5. The summed E-state index contributed by atoms with van der Waals surface area (Å²) >= 11 is 0. The highest BCUT2D eigenvalue weighted by Gasteiger charge is 2.31. The van der Waals surface area contributed by atoms with E-state index >= 15 is 0 Å². The van der Waals surface area contributed by atoms with Gasteiger partial charge in [0.2, 0.25) is 5.91 Å². The summed E-state index contributed by atoms with van der Waals surface area (Å²) < 4.78 is 37.8. The van der Waals surface area contributed by atoms with Crippen LogP contribution in [0, 0.1) is 0 Å². The first kappa shape index (κ1) is 20.9. The molecule has 150 valence electrons. The topological polar surface area (TPSA) is 77.6 Å². The molecule has 1 aliphatic rings. The normalized spacial score (nSPS) is 16.7. The summed E-state index contributed by atoms with van der Waals surface area (Å²) in [5.41, 5.74) is -0.780. The van der Waals surface area contributed by atoms with Crippen molar-refractivity contribution in [1.82, 2.24) is 20.5 Å². The number of nitrogens with one attached hydrogen (secondary N) is 2. The highest BCUT2D eigenvalue weighted by molar-refractivity contribution is 5.95. The largest absolute Gasteiger partial charge is 0.417 e. The molecule has 3 amide bonds. The van der Waals surface area contributed by atoms with Crippen molar-refractivity contribution in [3.63, 3.8) is 0 Å². The Labute approximate surface area is 155 Å². The van der Waals surface area contributed by atoms with Crippen LogP contribution in [0.15, 0.2) is 18.3 Å². The number of imide groups is 1. The van der Waals surface area contributed by atoms with Crippen molar-refractivity contribution in [3.05, 3.63) is 23.9 Å². The van der Waals surface area contributed by atoms with Crippen LogP contribution in [0.2, 0.25) is 0 Å². The summed E-state index contributed by atoms with van der Waals surface area (Å²) in [6.07, 6.45) is -2.81. The van der Waals surface area contributed by atoms with Crippen molar-refractivity contribution in [2.24, 2.45) is 0 Å². The van der Waals surface area contributed by atoms with Crippen LogP contribution in [-0.2, 0) is 11.0 Å². The quantitative estimate of drug-likeness (QED) is 0.806. The predicted molar refractivity (Wildman–Crippen MR) is 94.3 cm³/mol. The number of carbonyl (C=O) groups excluding carboxylic acids is 2. The standard InChI is InChI=1S/C17H24F3N5O2/c1-3-12(2)22-16(27)23-15(26)11-24-6-8-25(9-7-24)14-5-4-13(10-21-14)17(18,19)20/h4-5,10,12H,3,6-9,11H2,1-2H3,(H2,22,23,26,27)/t12-/m0/s1. The molecular formula is C17H24F3N5O2. The predicted octanol–water partition coefficient (Wildman–Crippen LogP) is 1.85. The molecule has 0 aromatic carbocycles. The van der Waals surface area contributed by atoms with E-state index in [9.17, 15) is 22.8 Å². The fourth-order valence-corrected chi connectivity index (χ4v) is 2.61. The minimum absolute atomic E-state index is 0.0161. The van der Waals surface area contributed by atoms with E-state index in [1.54, 1.807) is 0 Å². The molecule has 2 N–H and O–H groups in total. The maximum atomic E-state index is 12.6. The van der Waals surface area contributed by atoms with Crippen LogP contribution in [0.25, 0.3) is 0 Å². The van der Waals surface area contributed by atoms with Gasteiger partial charge in [0.15, 0.2) is 0 Å². The maximum Gasteiger partial charge on any atom is 0.417 e. The average Bonchev–Trinajstić information content (AvgIpc) is 2.61. The Morgan fingerprint density at radius 1 is 1.22 bits per heavy atom.